The van der Waals surface area contributed by atoms with Crippen molar-refractivity contribution < 1.29 is 13.2 Å². The Kier molecular flexibility index (Phi) is 9.54. The van der Waals surface area contributed by atoms with Gasteiger partial charge < -0.3 is 16.0 Å². The van der Waals surface area contributed by atoms with Crippen LogP contribution >= 0.6 is 24.0 Å². The molecule has 1 aromatic heterocycles. The second-order valence-electron chi connectivity index (χ2n) is 3.99. The molecule has 0 aliphatic rings. The molecule has 22 heavy (non-hydrogen) atoms. The molecule has 1 heterocycles. The minimum Gasteiger partial charge on any atom is -0.368 e. The van der Waals surface area contributed by atoms with Crippen LogP contribution in [-0.4, -0.2) is 37.6 Å². The number of pyridine rings is 1. The van der Waals surface area contributed by atoms with Gasteiger partial charge in [0.1, 0.15) is 5.82 Å². The van der Waals surface area contributed by atoms with Gasteiger partial charge in [-0.2, -0.15) is 13.2 Å². The van der Waals surface area contributed by atoms with Gasteiger partial charge >= 0.3 is 6.18 Å². The van der Waals surface area contributed by atoms with E-state index in [1.54, 1.807) is 13.1 Å². The summed E-state index contributed by atoms with van der Waals surface area (Å²) >= 11 is 0. The number of anilines is 1. The van der Waals surface area contributed by atoms with Gasteiger partial charge in [-0.25, -0.2) is 4.98 Å². The Balaban J connectivity index is 0.00000441. The molecule has 0 atom stereocenters. The molecule has 1 rings (SSSR count). The Labute approximate surface area is 144 Å². The molecule has 0 radical (unpaired) electrons. The van der Waals surface area contributed by atoms with E-state index in [2.05, 4.69) is 32.5 Å². The van der Waals surface area contributed by atoms with Crippen molar-refractivity contribution >= 4 is 35.8 Å². The van der Waals surface area contributed by atoms with Crippen LogP contribution in [0.2, 0.25) is 0 Å². The summed E-state index contributed by atoms with van der Waals surface area (Å²) in [7, 11) is 1.60. The lowest BCUT2D eigenvalue weighted by Gasteiger charge is -2.14. The van der Waals surface area contributed by atoms with Gasteiger partial charge in [0.2, 0.25) is 0 Å². The average Bonchev–Trinajstić information content (AvgIpc) is 2.46. The topological polar surface area (TPSA) is 61.3 Å². The normalized spacial score (nSPS) is 11.4. The number of guanidine groups is 1. The first-order valence-electron chi connectivity index (χ1n) is 6.30. The smallest absolute Gasteiger partial charge is 0.368 e. The zero-order valence-corrected chi connectivity index (χ0v) is 14.4. The lowest BCUT2D eigenvalue weighted by molar-refractivity contribution is -0.137. The molecular weight excluding hydrogens is 410 g/mol. The van der Waals surface area contributed by atoms with Crippen molar-refractivity contribution in [1.29, 1.82) is 0 Å². The van der Waals surface area contributed by atoms with Gasteiger partial charge in [-0.1, -0.05) is 6.08 Å². The predicted octanol–water partition coefficient (Wildman–Crippen LogP) is 2.48. The minimum atomic E-state index is -4.43. The molecule has 5 nitrogen and oxygen atoms in total. The van der Waals surface area contributed by atoms with Gasteiger partial charge in [0.15, 0.2) is 5.96 Å². The summed E-state index contributed by atoms with van der Waals surface area (Å²) in [5.74, 6) is 0.370. The number of rotatable bonds is 6. The molecule has 0 bridgehead atoms. The molecular formula is C13H19F3IN5. The van der Waals surface area contributed by atoms with Gasteiger partial charge in [-0.3, -0.25) is 4.99 Å². The highest BCUT2D eigenvalue weighted by atomic mass is 127. The van der Waals surface area contributed by atoms with Crippen LogP contribution in [0.5, 0.6) is 0 Å². The van der Waals surface area contributed by atoms with Gasteiger partial charge in [0.05, 0.1) is 5.56 Å². The Morgan fingerprint density at radius 2 is 2.09 bits per heavy atom. The lowest BCUT2D eigenvalue weighted by Crippen LogP contribution is -2.39. The maximum atomic E-state index is 12.7. The van der Waals surface area contributed by atoms with Crippen LogP contribution in [0, 0.1) is 0 Å². The average molecular weight is 429 g/mol. The number of halogens is 4. The summed E-state index contributed by atoms with van der Waals surface area (Å²) in [6.07, 6.45) is -1.43. The minimum absolute atomic E-state index is 0. The van der Waals surface area contributed by atoms with Gasteiger partial charge in [-0.05, 0) is 12.1 Å². The fourth-order valence-corrected chi connectivity index (χ4v) is 1.53. The first-order valence-corrected chi connectivity index (χ1v) is 6.30. The highest BCUT2D eigenvalue weighted by Crippen LogP contribution is 2.33. The van der Waals surface area contributed by atoms with E-state index in [9.17, 15) is 13.2 Å². The van der Waals surface area contributed by atoms with Crippen molar-refractivity contribution in [2.45, 2.75) is 6.18 Å². The van der Waals surface area contributed by atoms with Crippen molar-refractivity contribution in [2.24, 2.45) is 4.99 Å². The van der Waals surface area contributed by atoms with Crippen LogP contribution in [0.3, 0.4) is 0 Å². The van der Waals surface area contributed by atoms with Crippen molar-refractivity contribution in [3.05, 3.63) is 36.5 Å². The summed E-state index contributed by atoms with van der Waals surface area (Å²) < 4.78 is 38.2. The third-order valence-electron chi connectivity index (χ3n) is 2.46. The lowest BCUT2D eigenvalue weighted by atomic mass is 10.2. The molecule has 0 spiro atoms. The number of nitrogens with zero attached hydrogens (tertiary/aromatic N) is 2. The Bertz CT molecular complexity index is 491. The molecule has 0 saturated carbocycles. The number of nitrogens with one attached hydrogen (secondary N) is 3. The summed E-state index contributed by atoms with van der Waals surface area (Å²) in [4.78, 5) is 7.66. The van der Waals surface area contributed by atoms with Crippen LogP contribution in [-0.2, 0) is 6.18 Å². The molecule has 0 saturated heterocycles. The molecule has 0 aliphatic heterocycles. The monoisotopic (exact) mass is 429 g/mol. The summed E-state index contributed by atoms with van der Waals surface area (Å²) in [5, 5.41) is 8.56. The van der Waals surface area contributed by atoms with Crippen LogP contribution in [0.15, 0.2) is 36.0 Å². The van der Waals surface area contributed by atoms with Gasteiger partial charge in [-0.15, -0.1) is 30.6 Å². The molecule has 9 heteroatoms. The maximum absolute atomic E-state index is 12.7. The van der Waals surface area contributed by atoms with Crippen molar-refractivity contribution in [1.82, 2.24) is 15.6 Å². The SMILES string of the molecule is C=CCNC(=NC)NCCNc1ncccc1C(F)(F)F.I. The zero-order chi connectivity index (χ0) is 15.7. The van der Waals surface area contributed by atoms with E-state index in [1.165, 1.54) is 12.3 Å². The first-order chi connectivity index (χ1) is 9.99. The van der Waals surface area contributed by atoms with Crippen LogP contribution in [0.25, 0.3) is 0 Å². The van der Waals surface area contributed by atoms with Crippen LogP contribution in [0.4, 0.5) is 19.0 Å². The third kappa shape index (κ3) is 6.96. The highest BCUT2D eigenvalue weighted by Gasteiger charge is 2.33. The largest absolute Gasteiger partial charge is 0.419 e. The highest BCUT2D eigenvalue weighted by molar-refractivity contribution is 14.0. The molecule has 0 amide bonds. The van der Waals surface area contributed by atoms with E-state index in [4.69, 9.17) is 0 Å². The van der Waals surface area contributed by atoms with Gasteiger partial charge in [0.25, 0.3) is 0 Å². The molecule has 0 aliphatic carbocycles. The molecule has 3 N–H and O–H groups in total. The van der Waals surface area contributed by atoms with E-state index in [-0.39, 0.29) is 36.3 Å². The molecule has 1 aromatic rings. The number of aromatic nitrogens is 1. The molecule has 0 aromatic carbocycles. The molecule has 0 fully saturated rings. The van der Waals surface area contributed by atoms with Crippen molar-refractivity contribution in [2.75, 3.05) is 32.0 Å². The summed E-state index contributed by atoms with van der Waals surface area (Å²) in [5.41, 5.74) is -0.779. The number of alkyl halides is 3. The number of hydrogen-bond acceptors (Lipinski definition) is 3. The quantitative estimate of drug-likeness (QED) is 0.214. The van der Waals surface area contributed by atoms with Crippen LogP contribution < -0.4 is 16.0 Å². The van der Waals surface area contributed by atoms with E-state index in [1.807, 2.05) is 0 Å². The summed E-state index contributed by atoms with van der Waals surface area (Å²) in [6, 6.07) is 2.25. The van der Waals surface area contributed by atoms with E-state index >= 15 is 0 Å². The van der Waals surface area contributed by atoms with Gasteiger partial charge in [0, 0.05) is 32.9 Å². The van der Waals surface area contributed by atoms with E-state index in [0.717, 1.165) is 6.07 Å². The number of hydrogen-bond donors (Lipinski definition) is 3. The second kappa shape index (κ2) is 10.2. The Morgan fingerprint density at radius 1 is 1.36 bits per heavy atom. The second-order valence-corrected chi connectivity index (χ2v) is 3.99. The number of aliphatic imine (C=N–C) groups is 1. The van der Waals surface area contributed by atoms with E-state index in [0.29, 0.717) is 19.0 Å². The zero-order valence-electron chi connectivity index (χ0n) is 12.1. The van der Waals surface area contributed by atoms with E-state index < -0.39 is 11.7 Å². The summed E-state index contributed by atoms with van der Waals surface area (Å²) in [6.45, 7) is 4.78. The fourth-order valence-electron chi connectivity index (χ4n) is 1.53. The Hall–Kier alpha value is -1.52. The predicted molar refractivity (Wildman–Crippen MR) is 92.7 cm³/mol. The van der Waals surface area contributed by atoms with Crippen molar-refractivity contribution in [3.8, 4) is 0 Å². The Morgan fingerprint density at radius 3 is 2.68 bits per heavy atom. The maximum Gasteiger partial charge on any atom is 0.419 e. The standard InChI is InChI=1S/C13H18F3N5.HI/c1-3-6-20-12(17-2)21-9-8-19-11-10(13(14,15)16)5-4-7-18-11;/h3-5,7H,1,6,8-9H2,2H3,(H,18,19)(H2,17,20,21);1H. The first kappa shape index (κ1) is 20.5. The van der Waals surface area contributed by atoms with Crippen molar-refractivity contribution in [3.63, 3.8) is 0 Å². The van der Waals surface area contributed by atoms with Crippen LogP contribution in [0.1, 0.15) is 5.56 Å². The molecule has 124 valence electrons. The molecule has 0 unspecified atom stereocenters. The third-order valence-corrected chi connectivity index (χ3v) is 2.46. The fraction of sp³-hybridized carbons (Fsp3) is 0.385.